The second kappa shape index (κ2) is 6.67. The summed E-state index contributed by atoms with van der Waals surface area (Å²) in [7, 11) is 1.90. The van der Waals surface area contributed by atoms with Crippen molar-refractivity contribution < 1.29 is 8.91 Å². The summed E-state index contributed by atoms with van der Waals surface area (Å²) in [4.78, 5) is 6.31. The van der Waals surface area contributed by atoms with E-state index in [2.05, 4.69) is 16.2 Å². The smallest absolute Gasteiger partial charge is 0.244 e. The van der Waals surface area contributed by atoms with E-state index < -0.39 is 0 Å². The van der Waals surface area contributed by atoms with E-state index >= 15 is 0 Å². The van der Waals surface area contributed by atoms with Gasteiger partial charge in [0.15, 0.2) is 0 Å². The highest BCUT2D eigenvalue weighted by Gasteiger charge is 2.20. The standard InChI is InChI=1S/C16H19FN4O/c1-10(8-18)9-21(4)12(3)16-19-15(20-22-16)13-6-5-11(2)14(17)7-13/h5-7,10,12H,9H2,1-4H3. The number of benzene rings is 1. The molecule has 2 aromatic rings. The number of aryl methyl sites for hydroxylation is 1. The van der Waals surface area contributed by atoms with Gasteiger partial charge in [0.1, 0.15) is 5.82 Å². The van der Waals surface area contributed by atoms with Gasteiger partial charge < -0.3 is 4.52 Å². The van der Waals surface area contributed by atoms with Gasteiger partial charge in [-0.3, -0.25) is 4.90 Å². The van der Waals surface area contributed by atoms with E-state index in [4.69, 9.17) is 9.78 Å². The molecule has 6 heteroatoms. The molecule has 0 aliphatic heterocycles. The Morgan fingerprint density at radius 3 is 2.77 bits per heavy atom. The molecule has 0 radical (unpaired) electrons. The maximum absolute atomic E-state index is 13.6. The van der Waals surface area contributed by atoms with Crippen LogP contribution in [0.25, 0.3) is 11.4 Å². The third kappa shape index (κ3) is 3.49. The summed E-state index contributed by atoms with van der Waals surface area (Å²) in [5.74, 6) is 0.434. The lowest BCUT2D eigenvalue weighted by molar-refractivity contribution is 0.198. The van der Waals surface area contributed by atoms with Crippen LogP contribution in [0, 0.1) is 30.0 Å². The normalized spacial score (nSPS) is 13.9. The number of nitriles is 1. The average Bonchev–Trinajstić information content (AvgIpc) is 2.98. The maximum Gasteiger partial charge on any atom is 0.244 e. The Morgan fingerprint density at radius 1 is 1.41 bits per heavy atom. The molecule has 2 atom stereocenters. The molecule has 5 nitrogen and oxygen atoms in total. The van der Waals surface area contributed by atoms with Crippen molar-refractivity contribution in [1.82, 2.24) is 15.0 Å². The summed E-state index contributed by atoms with van der Waals surface area (Å²) in [5.41, 5.74) is 1.16. The van der Waals surface area contributed by atoms with Crippen molar-refractivity contribution >= 4 is 0 Å². The fraction of sp³-hybridized carbons (Fsp3) is 0.438. The molecule has 0 saturated carbocycles. The minimum atomic E-state index is -0.295. The van der Waals surface area contributed by atoms with Crippen molar-refractivity contribution in [1.29, 1.82) is 5.26 Å². The first kappa shape index (κ1) is 16.1. The van der Waals surface area contributed by atoms with Crippen LogP contribution < -0.4 is 0 Å². The fourth-order valence-electron chi connectivity index (χ4n) is 2.07. The van der Waals surface area contributed by atoms with Gasteiger partial charge in [-0.05, 0) is 39.4 Å². The molecule has 0 saturated heterocycles. The van der Waals surface area contributed by atoms with Gasteiger partial charge in [0, 0.05) is 12.1 Å². The molecule has 1 aromatic heterocycles. The minimum Gasteiger partial charge on any atom is -0.337 e. The molecule has 2 rings (SSSR count). The summed E-state index contributed by atoms with van der Waals surface area (Å²) in [6.07, 6.45) is 0. The van der Waals surface area contributed by atoms with Gasteiger partial charge in [-0.15, -0.1) is 0 Å². The largest absolute Gasteiger partial charge is 0.337 e. The fourth-order valence-corrected chi connectivity index (χ4v) is 2.07. The molecule has 0 N–H and O–H groups in total. The summed E-state index contributed by atoms with van der Waals surface area (Å²) >= 11 is 0. The van der Waals surface area contributed by atoms with Crippen LogP contribution in [-0.4, -0.2) is 28.6 Å². The van der Waals surface area contributed by atoms with Gasteiger partial charge >= 0.3 is 0 Å². The molecule has 22 heavy (non-hydrogen) atoms. The van der Waals surface area contributed by atoms with Crippen LogP contribution in [0.15, 0.2) is 22.7 Å². The first-order valence-electron chi connectivity index (χ1n) is 7.12. The molecule has 0 bridgehead atoms. The van der Waals surface area contributed by atoms with Gasteiger partial charge in [-0.2, -0.15) is 10.2 Å². The van der Waals surface area contributed by atoms with Crippen molar-refractivity contribution in [2.24, 2.45) is 5.92 Å². The van der Waals surface area contributed by atoms with E-state index in [0.717, 1.165) is 0 Å². The minimum absolute atomic E-state index is 0.0824. The molecule has 2 unspecified atom stereocenters. The van der Waals surface area contributed by atoms with Crippen molar-refractivity contribution in [3.05, 3.63) is 35.5 Å². The average molecular weight is 302 g/mol. The first-order chi connectivity index (χ1) is 10.4. The summed E-state index contributed by atoms with van der Waals surface area (Å²) in [5, 5.41) is 12.8. The van der Waals surface area contributed by atoms with E-state index in [0.29, 0.717) is 29.4 Å². The third-order valence-electron chi connectivity index (χ3n) is 3.67. The Kier molecular flexibility index (Phi) is 4.88. The number of nitrogens with zero attached hydrogens (tertiary/aromatic N) is 4. The Hall–Kier alpha value is -2.26. The Bertz CT molecular complexity index is 692. The quantitative estimate of drug-likeness (QED) is 0.847. The number of aromatic nitrogens is 2. The lowest BCUT2D eigenvalue weighted by Crippen LogP contribution is -2.27. The highest BCUT2D eigenvalue weighted by molar-refractivity contribution is 5.54. The van der Waals surface area contributed by atoms with E-state index in [1.54, 1.807) is 19.1 Å². The summed E-state index contributed by atoms with van der Waals surface area (Å²) in [6.45, 7) is 6.09. The van der Waals surface area contributed by atoms with Crippen molar-refractivity contribution in [3.8, 4) is 17.5 Å². The number of rotatable bonds is 5. The van der Waals surface area contributed by atoms with E-state index in [9.17, 15) is 4.39 Å². The van der Waals surface area contributed by atoms with Crippen LogP contribution in [0.5, 0.6) is 0 Å². The van der Waals surface area contributed by atoms with E-state index in [1.165, 1.54) is 6.07 Å². The molecule has 1 aromatic carbocycles. The van der Waals surface area contributed by atoms with Crippen molar-refractivity contribution in [3.63, 3.8) is 0 Å². The van der Waals surface area contributed by atoms with E-state index in [-0.39, 0.29) is 17.8 Å². The maximum atomic E-state index is 13.6. The van der Waals surface area contributed by atoms with Gasteiger partial charge in [0.25, 0.3) is 0 Å². The second-order valence-corrected chi connectivity index (χ2v) is 5.57. The summed E-state index contributed by atoms with van der Waals surface area (Å²) in [6, 6.07) is 6.92. The van der Waals surface area contributed by atoms with Crippen LogP contribution in [-0.2, 0) is 0 Å². The molecule has 0 aliphatic rings. The zero-order valence-corrected chi connectivity index (χ0v) is 13.2. The Labute approximate surface area is 129 Å². The number of hydrogen-bond acceptors (Lipinski definition) is 5. The molecule has 0 spiro atoms. The van der Waals surface area contributed by atoms with E-state index in [1.807, 2.05) is 25.8 Å². The molecule has 116 valence electrons. The predicted octanol–water partition coefficient (Wildman–Crippen LogP) is 3.34. The molecule has 0 fully saturated rings. The first-order valence-corrected chi connectivity index (χ1v) is 7.12. The molecular formula is C16H19FN4O. The second-order valence-electron chi connectivity index (χ2n) is 5.57. The zero-order valence-electron chi connectivity index (χ0n) is 13.2. The summed E-state index contributed by atoms with van der Waals surface area (Å²) < 4.78 is 18.9. The van der Waals surface area contributed by atoms with Gasteiger partial charge in [0.2, 0.25) is 11.7 Å². The van der Waals surface area contributed by atoms with Crippen LogP contribution in [0.2, 0.25) is 0 Å². The van der Waals surface area contributed by atoms with Crippen LogP contribution >= 0.6 is 0 Å². The van der Waals surface area contributed by atoms with Crippen molar-refractivity contribution in [2.75, 3.05) is 13.6 Å². The Balaban J connectivity index is 2.17. The lowest BCUT2D eigenvalue weighted by atomic mass is 10.1. The van der Waals surface area contributed by atoms with Crippen LogP contribution in [0.3, 0.4) is 0 Å². The number of hydrogen-bond donors (Lipinski definition) is 0. The van der Waals surface area contributed by atoms with Gasteiger partial charge in [0.05, 0.1) is 18.0 Å². The molecule has 0 amide bonds. The third-order valence-corrected chi connectivity index (χ3v) is 3.67. The number of halogens is 1. The highest BCUT2D eigenvalue weighted by atomic mass is 19.1. The van der Waals surface area contributed by atoms with Crippen LogP contribution in [0.4, 0.5) is 4.39 Å². The molecule has 1 heterocycles. The SMILES string of the molecule is Cc1ccc(-c2noc(C(C)N(C)CC(C)C#N)n2)cc1F. The zero-order chi connectivity index (χ0) is 16.3. The predicted molar refractivity (Wildman–Crippen MR) is 80.3 cm³/mol. The highest BCUT2D eigenvalue weighted by Crippen LogP contribution is 2.23. The monoisotopic (exact) mass is 302 g/mol. The van der Waals surface area contributed by atoms with Gasteiger partial charge in [-0.25, -0.2) is 4.39 Å². The molecular weight excluding hydrogens is 283 g/mol. The van der Waals surface area contributed by atoms with Crippen LogP contribution in [0.1, 0.15) is 31.3 Å². The van der Waals surface area contributed by atoms with Crippen molar-refractivity contribution in [2.45, 2.75) is 26.8 Å². The van der Waals surface area contributed by atoms with Gasteiger partial charge in [-0.1, -0.05) is 17.3 Å². The Morgan fingerprint density at radius 2 is 2.14 bits per heavy atom. The topological polar surface area (TPSA) is 66.0 Å². The lowest BCUT2D eigenvalue weighted by Gasteiger charge is -2.22. The molecule has 0 aliphatic carbocycles.